The number of carbonyl (C=O) groups is 2. The molecule has 0 spiro atoms. The topological polar surface area (TPSA) is 61.4 Å². The highest BCUT2D eigenvalue weighted by Crippen LogP contribution is 2.35. The zero-order valence-corrected chi connectivity index (χ0v) is 15.6. The van der Waals surface area contributed by atoms with Gasteiger partial charge >= 0.3 is 0 Å². The summed E-state index contributed by atoms with van der Waals surface area (Å²) in [7, 11) is 2.12. The van der Waals surface area contributed by atoms with Crippen molar-refractivity contribution < 1.29 is 9.59 Å². The molecule has 2 atom stereocenters. The van der Waals surface area contributed by atoms with E-state index in [2.05, 4.69) is 22.6 Å². The molecule has 0 radical (unpaired) electrons. The number of hydrogen-bond donors (Lipinski definition) is 2. The van der Waals surface area contributed by atoms with Crippen LogP contribution in [0.3, 0.4) is 0 Å². The largest absolute Gasteiger partial charge is 0.352 e. The van der Waals surface area contributed by atoms with Gasteiger partial charge in [0.2, 0.25) is 0 Å². The first-order valence-corrected chi connectivity index (χ1v) is 9.54. The van der Waals surface area contributed by atoms with Crippen molar-refractivity contribution in [2.45, 2.75) is 12.3 Å². The van der Waals surface area contributed by atoms with Crippen LogP contribution in [0.2, 0.25) is 0 Å². The van der Waals surface area contributed by atoms with Crippen molar-refractivity contribution in [3.63, 3.8) is 0 Å². The molecule has 2 aromatic rings. The Bertz CT molecular complexity index is 850. The smallest absolute Gasteiger partial charge is 0.251 e. The molecule has 2 aliphatic rings. The van der Waals surface area contributed by atoms with Crippen LogP contribution in [-0.4, -0.2) is 49.9 Å². The summed E-state index contributed by atoms with van der Waals surface area (Å²) in [6, 6.07) is 15.7. The molecule has 0 aliphatic carbocycles. The van der Waals surface area contributed by atoms with E-state index in [1.807, 2.05) is 42.5 Å². The quantitative estimate of drug-likeness (QED) is 0.874. The van der Waals surface area contributed by atoms with Gasteiger partial charge in [0.05, 0.1) is 0 Å². The highest BCUT2D eigenvalue weighted by atomic mass is 16.2. The highest BCUT2D eigenvalue weighted by Gasteiger charge is 2.36. The first-order chi connectivity index (χ1) is 13.1. The first-order valence-electron chi connectivity index (χ1n) is 9.54. The van der Waals surface area contributed by atoms with Gasteiger partial charge in [-0.3, -0.25) is 9.59 Å². The molecule has 1 saturated heterocycles. The molecular weight excluding hydrogens is 338 g/mol. The van der Waals surface area contributed by atoms with Gasteiger partial charge in [-0.1, -0.05) is 36.4 Å². The summed E-state index contributed by atoms with van der Waals surface area (Å²) in [4.78, 5) is 27.4. The van der Waals surface area contributed by atoms with Crippen molar-refractivity contribution in [1.29, 1.82) is 0 Å². The second-order valence-electron chi connectivity index (χ2n) is 7.59. The Hall–Kier alpha value is -2.66. The van der Waals surface area contributed by atoms with Crippen LogP contribution in [0.15, 0.2) is 48.5 Å². The maximum atomic E-state index is 12.5. The van der Waals surface area contributed by atoms with Crippen molar-refractivity contribution in [3.8, 4) is 0 Å². The predicted molar refractivity (Wildman–Crippen MR) is 105 cm³/mol. The summed E-state index contributed by atoms with van der Waals surface area (Å²) in [5.74, 6) is 0.580. The van der Waals surface area contributed by atoms with E-state index in [0.717, 1.165) is 25.1 Å². The third-order valence-corrected chi connectivity index (χ3v) is 5.65. The molecule has 2 amide bonds. The lowest BCUT2D eigenvalue weighted by molar-refractivity contribution is 0.0951. The summed E-state index contributed by atoms with van der Waals surface area (Å²) in [5.41, 5.74) is 3.45. The Morgan fingerprint density at radius 2 is 2.00 bits per heavy atom. The predicted octanol–water partition coefficient (Wildman–Crippen LogP) is 2.05. The summed E-state index contributed by atoms with van der Waals surface area (Å²) < 4.78 is 0. The van der Waals surface area contributed by atoms with E-state index in [-0.39, 0.29) is 11.8 Å². The first kappa shape index (κ1) is 17.7. The Balaban J connectivity index is 1.48. The molecule has 0 saturated carbocycles. The maximum Gasteiger partial charge on any atom is 0.251 e. The van der Waals surface area contributed by atoms with Crippen LogP contribution in [0.5, 0.6) is 0 Å². The molecule has 1 fully saturated rings. The van der Waals surface area contributed by atoms with Crippen molar-refractivity contribution in [2.24, 2.45) is 5.92 Å². The summed E-state index contributed by atoms with van der Waals surface area (Å²) in [6.07, 6.45) is 0.786. The van der Waals surface area contributed by atoms with Crippen LogP contribution >= 0.6 is 0 Å². The minimum atomic E-state index is -0.133. The molecule has 5 heteroatoms. The molecule has 0 aromatic heterocycles. The fourth-order valence-corrected chi connectivity index (χ4v) is 4.25. The Morgan fingerprint density at radius 1 is 1.19 bits per heavy atom. The van der Waals surface area contributed by atoms with Gasteiger partial charge in [-0.2, -0.15) is 0 Å². The minimum absolute atomic E-state index is 0.0685. The number of fused-ring (bicyclic) bond motifs is 3. The third kappa shape index (κ3) is 3.74. The van der Waals surface area contributed by atoms with Crippen LogP contribution in [-0.2, 0) is 6.42 Å². The zero-order chi connectivity index (χ0) is 18.8. The van der Waals surface area contributed by atoms with Crippen LogP contribution in [0.4, 0.5) is 0 Å². The van der Waals surface area contributed by atoms with E-state index in [4.69, 9.17) is 0 Å². The van der Waals surface area contributed by atoms with Crippen LogP contribution < -0.4 is 10.6 Å². The Labute approximate surface area is 159 Å². The normalized spacial score (nSPS) is 21.7. The molecule has 27 heavy (non-hydrogen) atoms. The summed E-state index contributed by atoms with van der Waals surface area (Å²) >= 11 is 0. The van der Waals surface area contributed by atoms with E-state index < -0.39 is 0 Å². The Morgan fingerprint density at radius 3 is 2.81 bits per heavy atom. The number of nitrogens with one attached hydrogen (secondary N) is 2. The van der Waals surface area contributed by atoms with Crippen LogP contribution in [0, 0.1) is 5.92 Å². The second kappa shape index (κ2) is 7.53. The molecule has 2 heterocycles. The standard InChI is InChI=1S/C22H25N3O2/c1-25-13-17-12-24-22(27)19-11-16(7-8-18(19)20(17)14-25)21(26)23-10-9-15-5-3-2-4-6-15/h2-8,11,17,20H,9-10,12-14H2,1H3,(H,23,26)(H,24,27)/t17-,20-/m0/s1. The van der Waals surface area contributed by atoms with Gasteiger partial charge in [-0.15, -0.1) is 0 Å². The Kier molecular flexibility index (Phi) is 4.94. The van der Waals surface area contributed by atoms with Gasteiger partial charge < -0.3 is 15.5 Å². The van der Waals surface area contributed by atoms with Gasteiger partial charge in [0, 0.05) is 43.2 Å². The van der Waals surface area contributed by atoms with Gasteiger partial charge in [0.1, 0.15) is 0 Å². The number of hydrogen-bond acceptors (Lipinski definition) is 3. The summed E-state index contributed by atoms with van der Waals surface area (Å²) in [5, 5.41) is 5.99. The van der Waals surface area contributed by atoms with Gasteiger partial charge in [0.15, 0.2) is 0 Å². The lowest BCUT2D eigenvalue weighted by Crippen LogP contribution is -2.29. The second-order valence-corrected chi connectivity index (χ2v) is 7.59. The van der Waals surface area contributed by atoms with E-state index in [9.17, 15) is 9.59 Å². The highest BCUT2D eigenvalue weighted by molar-refractivity contribution is 6.01. The van der Waals surface area contributed by atoms with E-state index in [1.165, 1.54) is 5.56 Å². The average Bonchev–Trinajstić information content (AvgIpc) is 3.01. The van der Waals surface area contributed by atoms with Crippen LogP contribution in [0.25, 0.3) is 0 Å². The fourth-order valence-electron chi connectivity index (χ4n) is 4.25. The zero-order valence-electron chi connectivity index (χ0n) is 15.6. The van der Waals surface area contributed by atoms with Crippen molar-refractivity contribution in [2.75, 3.05) is 33.2 Å². The summed E-state index contributed by atoms with van der Waals surface area (Å²) in [6.45, 7) is 3.21. The van der Waals surface area contributed by atoms with E-state index in [0.29, 0.717) is 36.1 Å². The molecular formula is C22H25N3O2. The molecule has 0 bridgehead atoms. The number of benzene rings is 2. The van der Waals surface area contributed by atoms with E-state index >= 15 is 0 Å². The monoisotopic (exact) mass is 363 g/mol. The number of carbonyl (C=O) groups excluding carboxylic acids is 2. The van der Waals surface area contributed by atoms with Crippen molar-refractivity contribution in [1.82, 2.24) is 15.5 Å². The molecule has 140 valence electrons. The number of rotatable bonds is 4. The SMILES string of the molecule is CN1C[C@@H]2CNC(=O)c3cc(C(=O)NCCc4ccccc4)ccc3[C@H]2C1. The van der Waals surface area contributed by atoms with Crippen LogP contribution in [0.1, 0.15) is 37.8 Å². The average molecular weight is 363 g/mol. The lowest BCUT2D eigenvalue weighted by atomic mass is 9.86. The maximum absolute atomic E-state index is 12.5. The fraction of sp³-hybridized carbons (Fsp3) is 0.364. The molecule has 2 aromatic carbocycles. The minimum Gasteiger partial charge on any atom is -0.352 e. The number of likely N-dealkylation sites (N-methyl/N-ethyl adjacent to an activating group) is 1. The molecule has 5 nitrogen and oxygen atoms in total. The molecule has 2 aliphatic heterocycles. The van der Waals surface area contributed by atoms with Crippen molar-refractivity contribution >= 4 is 11.8 Å². The number of amides is 2. The molecule has 4 rings (SSSR count). The number of nitrogens with zero attached hydrogens (tertiary/aromatic N) is 1. The molecule has 2 N–H and O–H groups in total. The number of likely N-dealkylation sites (tertiary alicyclic amines) is 1. The molecule has 0 unspecified atom stereocenters. The van der Waals surface area contributed by atoms with Gasteiger partial charge in [-0.05, 0) is 42.6 Å². The lowest BCUT2D eigenvalue weighted by Gasteiger charge is -2.16. The van der Waals surface area contributed by atoms with E-state index in [1.54, 1.807) is 6.07 Å². The van der Waals surface area contributed by atoms with Gasteiger partial charge in [-0.25, -0.2) is 0 Å². The third-order valence-electron chi connectivity index (χ3n) is 5.65. The van der Waals surface area contributed by atoms with Crippen molar-refractivity contribution in [3.05, 3.63) is 70.8 Å². The van der Waals surface area contributed by atoms with Gasteiger partial charge in [0.25, 0.3) is 11.8 Å².